The second-order valence-electron chi connectivity index (χ2n) is 8.71. The number of rotatable bonds is 6. The van der Waals surface area contributed by atoms with Crippen LogP contribution in [0.1, 0.15) is 18.5 Å². The van der Waals surface area contributed by atoms with Gasteiger partial charge in [-0.25, -0.2) is 15.0 Å². The molecule has 174 valence electrons. The van der Waals surface area contributed by atoms with Crippen LogP contribution in [0.4, 0.5) is 0 Å². The monoisotopic (exact) mass is 464 g/mol. The predicted molar refractivity (Wildman–Crippen MR) is 136 cm³/mol. The lowest BCUT2D eigenvalue weighted by Gasteiger charge is -2.14. The van der Waals surface area contributed by atoms with Crippen LogP contribution in [-0.4, -0.2) is 49.1 Å². The summed E-state index contributed by atoms with van der Waals surface area (Å²) in [5.74, 6) is 0.584. The third-order valence-electron chi connectivity index (χ3n) is 6.04. The molecule has 5 aromatic heterocycles. The van der Waals surface area contributed by atoms with Crippen molar-refractivity contribution in [2.45, 2.75) is 12.8 Å². The van der Waals surface area contributed by atoms with Crippen LogP contribution in [0.5, 0.6) is 0 Å². The number of H-pyrrole nitrogens is 2. The molecule has 0 saturated heterocycles. The smallest absolute Gasteiger partial charge is 0.178 e. The summed E-state index contributed by atoms with van der Waals surface area (Å²) in [6.45, 7) is 0. The Morgan fingerprint density at radius 3 is 2.77 bits per heavy atom. The van der Waals surface area contributed by atoms with E-state index in [-0.39, 0.29) is 0 Å². The van der Waals surface area contributed by atoms with Gasteiger partial charge in [-0.1, -0.05) is 5.57 Å². The number of hydrogen-bond donors (Lipinski definition) is 3. The SMILES string of the molecule is CN(C)/C(C=C1CC1)=C/C(=C\N)c1ccc2[nH]nc(-c3nc4nccc(-c5ccoc5)c4[nH]3)c2n1. The van der Waals surface area contributed by atoms with Crippen molar-refractivity contribution in [2.75, 3.05) is 14.1 Å². The van der Waals surface area contributed by atoms with E-state index < -0.39 is 0 Å². The van der Waals surface area contributed by atoms with E-state index in [1.165, 1.54) is 5.57 Å². The number of nitrogens with zero attached hydrogens (tertiary/aromatic N) is 5. The number of furan rings is 1. The van der Waals surface area contributed by atoms with E-state index in [0.717, 1.165) is 52.0 Å². The average Bonchev–Trinajstić information content (AvgIpc) is 3.25. The van der Waals surface area contributed by atoms with E-state index >= 15 is 0 Å². The highest BCUT2D eigenvalue weighted by Crippen LogP contribution is 2.32. The Hall–Kier alpha value is -4.66. The molecule has 0 spiro atoms. The van der Waals surface area contributed by atoms with Gasteiger partial charge >= 0.3 is 0 Å². The Bertz CT molecular complexity index is 1630. The second kappa shape index (κ2) is 8.28. The number of likely N-dealkylation sites (N-methyl/N-ethyl adjacent to an activating group) is 1. The number of aromatic nitrogens is 6. The molecule has 1 aliphatic carbocycles. The first-order chi connectivity index (χ1) is 17.1. The minimum atomic E-state index is 0.584. The molecule has 0 bridgehead atoms. The Balaban J connectivity index is 1.44. The summed E-state index contributed by atoms with van der Waals surface area (Å²) < 4.78 is 5.26. The molecule has 5 heterocycles. The zero-order valence-corrected chi connectivity index (χ0v) is 19.4. The number of nitrogens with one attached hydrogen (secondary N) is 2. The van der Waals surface area contributed by atoms with Crippen molar-refractivity contribution < 1.29 is 4.42 Å². The molecular formula is C26H24N8O. The normalized spacial score (nSPS) is 14.2. The lowest BCUT2D eigenvalue weighted by Crippen LogP contribution is -2.09. The largest absolute Gasteiger partial charge is 0.472 e. The van der Waals surface area contributed by atoms with Crippen molar-refractivity contribution in [2.24, 2.45) is 5.73 Å². The van der Waals surface area contributed by atoms with Crippen LogP contribution in [-0.2, 0) is 0 Å². The molecular weight excluding hydrogens is 440 g/mol. The molecule has 9 heteroatoms. The van der Waals surface area contributed by atoms with Crippen LogP contribution in [0.15, 0.2) is 77.0 Å². The van der Waals surface area contributed by atoms with Crippen molar-refractivity contribution in [1.82, 2.24) is 35.0 Å². The molecule has 1 saturated carbocycles. The van der Waals surface area contributed by atoms with Gasteiger partial charge in [0.05, 0.1) is 29.3 Å². The minimum Gasteiger partial charge on any atom is -0.472 e. The zero-order chi connectivity index (χ0) is 23.9. The highest BCUT2D eigenvalue weighted by atomic mass is 16.3. The molecule has 0 aliphatic heterocycles. The predicted octanol–water partition coefficient (Wildman–Crippen LogP) is 4.62. The number of fused-ring (bicyclic) bond motifs is 2. The van der Waals surface area contributed by atoms with Gasteiger partial charge in [0.15, 0.2) is 17.2 Å². The zero-order valence-electron chi connectivity index (χ0n) is 19.4. The quantitative estimate of drug-likeness (QED) is 0.313. The number of hydrogen-bond acceptors (Lipinski definition) is 7. The number of imidazole rings is 1. The molecule has 9 nitrogen and oxygen atoms in total. The van der Waals surface area contributed by atoms with Gasteiger partial charge in [0.1, 0.15) is 5.52 Å². The van der Waals surface area contributed by atoms with Gasteiger partial charge in [0.2, 0.25) is 0 Å². The molecule has 1 aliphatic rings. The van der Waals surface area contributed by atoms with E-state index in [4.69, 9.17) is 20.1 Å². The average molecular weight is 465 g/mol. The molecule has 35 heavy (non-hydrogen) atoms. The summed E-state index contributed by atoms with van der Waals surface area (Å²) in [5, 5.41) is 7.56. The van der Waals surface area contributed by atoms with Crippen molar-refractivity contribution in [3.05, 3.63) is 78.3 Å². The topological polar surface area (TPSA) is 126 Å². The molecule has 0 unspecified atom stereocenters. The number of aromatic amines is 2. The van der Waals surface area contributed by atoms with E-state index in [1.807, 2.05) is 38.4 Å². The van der Waals surface area contributed by atoms with Gasteiger partial charge in [0, 0.05) is 48.9 Å². The molecule has 0 radical (unpaired) electrons. The summed E-state index contributed by atoms with van der Waals surface area (Å²) in [6.07, 6.45) is 13.2. The highest BCUT2D eigenvalue weighted by molar-refractivity contribution is 5.94. The molecule has 6 rings (SSSR count). The first-order valence-corrected chi connectivity index (χ1v) is 11.3. The van der Waals surface area contributed by atoms with E-state index in [9.17, 15) is 0 Å². The minimum absolute atomic E-state index is 0.584. The summed E-state index contributed by atoms with van der Waals surface area (Å²) >= 11 is 0. The van der Waals surface area contributed by atoms with Gasteiger partial charge in [-0.2, -0.15) is 5.10 Å². The Morgan fingerprint density at radius 1 is 1.14 bits per heavy atom. The van der Waals surface area contributed by atoms with Gasteiger partial charge in [-0.05, 0) is 49.3 Å². The molecule has 4 N–H and O–H groups in total. The fourth-order valence-electron chi connectivity index (χ4n) is 4.00. The first kappa shape index (κ1) is 20.9. The van der Waals surface area contributed by atoms with Crippen LogP contribution in [0.25, 0.3) is 50.4 Å². The maximum atomic E-state index is 6.04. The first-order valence-electron chi connectivity index (χ1n) is 11.3. The second-order valence-corrected chi connectivity index (χ2v) is 8.71. The molecule has 0 atom stereocenters. The van der Waals surface area contributed by atoms with Crippen LogP contribution in [0, 0.1) is 0 Å². The highest BCUT2D eigenvalue weighted by Gasteiger charge is 2.18. The van der Waals surface area contributed by atoms with E-state index in [2.05, 4.69) is 37.2 Å². The molecule has 1 fully saturated rings. The molecule has 0 amide bonds. The number of nitrogens with two attached hydrogens (primary N) is 1. The summed E-state index contributed by atoms with van der Waals surface area (Å²) in [6, 6.07) is 7.73. The summed E-state index contributed by atoms with van der Waals surface area (Å²) in [7, 11) is 4.05. The van der Waals surface area contributed by atoms with E-state index in [1.54, 1.807) is 24.9 Å². The van der Waals surface area contributed by atoms with Crippen LogP contribution < -0.4 is 5.73 Å². The Labute approximate surface area is 201 Å². The lowest BCUT2D eigenvalue weighted by molar-refractivity contribution is 0.530. The fraction of sp³-hybridized carbons (Fsp3) is 0.154. The fourth-order valence-corrected chi connectivity index (χ4v) is 4.00. The third-order valence-corrected chi connectivity index (χ3v) is 6.04. The maximum absolute atomic E-state index is 6.04. The van der Waals surface area contributed by atoms with Crippen molar-refractivity contribution in [1.29, 1.82) is 0 Å². The number of pyridine rings is 2. The number of allylic oxidation sites excluding steroid dienone is 4. The Kier molecular flexibility index (Phi) is 4.95. The van der Waals surface area contributed by atoms with Gasteiger partial charge < -0.3 is 20.0 Å². The summed E-state index contributed by atoms with van der Waals surface area (Å²) in [4.78, 5) is 19.5. The van der Waals surface area contributed by atoms with E-state index in [0.29, 0.717) is 22.7 Å². The lowest BCUT2D eigenvalue weighted by atomic mass is 10.1. The third kappa shape index (κ3) is 3.86. The van der Waals surface area contributed by atoms with Gasteiger partial charge in [-0.15, -0.1) is 0 Å². The maximum Gasteiger partial charge on any atom is 0.178 e. The molecule has 5 aromatic rings. The van der Waals surface area contributed by atoms with Crippen molar-refractivity contribution in [3.8, 4) is 22.6 Å². The Morgan fingerprint density at radius 2 is 2.03 bits per heavy atom. The summed E-state index contributed by atoms with van der Waals surface area (Å²) in [5.41, 5.74) is 15.6. The van der Waals surface area contributed by atoms with Crippen LogP contribution in [0.3, 0.4) is 0 Å². The van der Waals surface area contributed by atoms with Crippen LogP contribution >= 0.6 is 0 Å². The van der Waals surface area contributed by atoms with Crippen molar-refractivity contribution >= 4 is 27.8 Å². The van der Waals surface area contributed by atoms with Gasteiger partial charge in [0.25, 0.3) is 0 Å². The standard InChI is InChI=1S/C26H24N8O/c1-34(2)18(11-15-3-4-15)12-17(13-27)20-5-6-21-23(29-20)24(33-32-21)26-30-22-19(16-8-10-35-14-16)7-9-28-25(22)31-26/h5-14H,3-4,27H2,1-2H3,(H,32,33)(H,28,30,31)/b17-13+,18-12+. The van der Waals surface area contributed by atoms with Crippen molar-refractivity contribution in [3.63, 3.8) is 0 Å². The van der Waals surface area contributed by atoms with Gasteiger partial charge in [-0.3, -0.25) is 5.10 Å². The van der Waals surface area contributed by atoms with Crippen LogP contribution in [0.2, 0.25) is 0 Å². The molecule has 0 aromatic carbocycles.